The van der Waals surface area contributed by atoms with Crippen LogP contribution in [-0.4, -0.2) is 54.6 Å². The van der Waals surface area contributed by atoms with Gasteiger partial charge < -0.3 is 10.2 Å². The molecule has 0 radical (unpaired) electrons. The highest BCUT2D eigenvalue weighted by Gasteiger charge is 2.32. The first-order valence-electron chi connectivity index (χ1n) is 11.5. The average Bonchev–Trinajstić information content (AvgIpc) is 2.80. The third-order valence-electron chi connectivity index (χ3n) is 6.02. The minimum atomic E-state index is -3.49. The summed E-state index contributed by atoms with van der Waals surface area (Å²) in [7, 11) is -1.71. The van der Waals surface area contributed by atoms with Crippen molar-refractivity contribution in [3.05, 3.63) is 54.6 Å². The van der Waals surface area contributed by atoms with E-state index in [4.69, 9.17) is 0 Å². The predicted molar refractivity (Wildman–Crippen MR) is 136 cm³/mol. The number of anilines is 1. The van der Waals surface area contributed by atoms with Gasteiger partial charge in [0.05, 0.1) is 4.90 Å². The third kappa shape index (κ3) is 6.74. The summed E-state index contributed by atoms with van der Waals surface area (Å²) in [5, 5.41) is 2.97. The minimum absolute atomic E-state index is 0.00287. The van der Waals surface area contributed by atoms with Crippen LogP contribution in [0.1, 0.15) is 46.5 Å². The molecular formula is C25H35N3O3S2. The zero-order chi connectivity index (χ0) is 24.1. The lowest BCUT2D eigenvalue weighted by molar-refractivity contribution is 0.174. The van der Waals surface area contributed by atoms with Crippen LogP contribution in [0, 0.1) is 0 Å². The number of nitrogens with zero attached hydrogens (tertiary/aromatic N) is 2. The molecule has 0 unspecified atom stereocenters. The maximum atomic E-state index is 12.8. The second-order valence-electron chi connectivity index (χ2n) is 9.13. The molecule has 2 amide bonds. The number of benzene rings is 2. The first kappa shape index (κ1) is 25.6. The van der Waals surface area contributed by atoms with Gasteiger partial charge in [0.2, 0.25) is 10.0 Å². The molecule has 2 aromatic rings. The van der Waals surface area contributed by atoms with Crippen LogP contribution in [0.2, 0.25) is 0 Å². The molecule has 1 heterocycles. The highest BCUT2D eigenvalue weighted by atomic mass is 32.2. The van der Waals surface area contributed by atoms with E-state index in [1.165, 1.54) is 9.20 Å². The molecule has 8 heteroatoms. The fourth-order valence-corrected chi connectivity index (χ4v) is 6.87. The summed E-state index contributed by atoms with van der Waals surface area (Å²) in [4.78, 5) is 16.0. The Balaban J connectivity index is 1.53. The highest BCUT2D eigenvalue weighted by molar-refractivity contribution is 8.00. The predicted octanol–water partition coefficient (Wildman–Crippen LogP) is 5.67. The molecule has 0 aromatic heterocycles. The van der Waals surface area contributed by atoms with Gasteiger partial charge in [0.25, 0.3) is 0 Å². The normalized spacial score (nSPS) is 15.9. The van der Waals surface area contributed by atoms with Crippen molar-refractivity contribution in [2.24, 2.45) is 0 Å². The van der Waals surface area contributed by atoms with E-state index in [2.05, 4.69) is 26.1 Å². The van der Waals surface area contributed by atoms with Gasteiger partial charge >= 0.3 is 6.03 Å². The average molecular weight is 490 g/mol. The van der Waals surface area contributed by atoms with Crippen LogP contribution in [-0.2, 0) is 10.0 Å². The van der Waals surface area contributed by atoms with Gasteiger partial charge in [-0.25, -0.2) is 13.2 Å². The molecule has 1 fully saturated rings. The number of rotatable bonds is 8. The van der Waals surface area contributed by atoms with E-state index < -0.39 is 10.0 Å². The highest BCUT2D eigenvalue weighted by Crippen LogP contribution is 2.36. The van der Waals surface area contributed by atoms with Gasteiger partial charge in [-0.3, -0.25) is 0 Å². The molecule has 0 spiro atoms. The summed E-state index contributed by atoms with van der Waals surface area (Å²) in [5.74, 6) is 0. The summed E-state index contributed by atoms with van der Waals surface area (Å²) in [6.45, 7) is 7.51. The molecule has 1 aliphatic heterocycles. The molecule has 3 rings (SSSR count). The van der Waals surface area contributed by atoms with Crippen molar-refractivity contribution in [3.8, 4) is 0 Å². The minimum Gasteiger partial charge on any atom is -0.325 e. The van der Waals surface area contributed by atoms with E-state index in [1.807, 2.05) is 36.0 Å². The van der Waals surface area contributed by atoms with Crippen LogP contribution < -0.4 is 5.32 Å². The number of hydrogen-bond donors (Lipinski definition) is 1. The maximum absolute atomic E-state index is 12.8. The summed E-state index contributed by atoms with van der Waals surface area (Å²) >= 11 is 1.85. The van der Waals surface area contributed by atoms with E-state index in [0.29, 0.717) is 30.8 Å². The molecule has 0 saturated carbocycles. The number of urea groups is 1. The summed E-state index contributed by atoms with van der Waals surface area (Å²) in [6.07, 6.45) is 3.51. The Bertz CT molecular complexity index is 1020. The molecule has 2 aromatic carbocycles. The second-order valence-corrected chi connectivity index (χ2v) is 12.8. The topological polar surface area (TPSA) is 69.7 Å². The van der Waals surface area contributed by atoms with Crippen LogP contribution >= 0.6 is 11.8 Å². The van der Waals surface area contributed by atoms with Gasteiger partial charge in [0, 0.05) is 41.5 Å². The first-order valence-corrected chi connectivity index (χ1v) is 13.8. The first-order chi connectivity index (χ1) is 15.6. The fraction of sp³-hybridized carbons (Fsp3) is 0.480. The number of amides is 2. The second kappa shape index (κ2) is 10.9. The molecule has 0 bridgehead atoms. The molecule has 1 saturated heterocycles. The van der Waals surface area contributed by atoms with Gasteiger partial charge in [-0.1, -0.05) is 45.4 Å². The Labute approximate surface area is 202 Å². The van der Waals surface area contributed by atoms with Gasteiger partial charge in [-0.2, -0.15) is 4.31 Å². The van der Waals surface area contributed by atoms with Crippen molar-refractivity contribution in [2.75, 3.05) is 25.5 Å². The third-order valence-corrected chi connectivity index (χ3v) is 9.20. The van der Waals surface area contributed by atoms with E-state index >= 15 is 0 Å². The number of carbonyl (C=O) groups is 1. The van der Waals surface area contributed by atoms with Crippen molar-refractivity contribution in [1.29, 1.82) is 0 Å². The number of piperidine rings is 1. The Morgan fingerprint density at radius 3 is 2.27 bits per heavy atom. The van der Waals surface area contributed by atoms with E-state index in [-0.39, 0.29) is 16.8 Å². The quantitative estimate of drug-likeness (QED) is 0.485. The van der Waals surface area contributed by atoms with E-state index in [1.54, 1.807) is 42.3 Å². The van der Waals surface area contributed by atoms with Crippen molar-refractivity contribution in [1.82, 2.24) is 9.21 Å². The smallest absolute Gasteiger partial charge is 0.321 e. The Morgan fingerprint density at radius 1 is 1.09 bits per heavy atom. The molecule has 1 aliphatic rings. The summed E-state index contributed by atoms with van der Waals surface area (Å²) in [6, 6.07) is 16.3. The number of nitrogens with one attached hydrogen (secondary N) is 1. The van der Waals surface area contributed by atoms with Crippen LogP contribution in [0.25, 0.3) is 0 Å². The SMILES string of the molecule is CCCC(C)(C)Sc1ccc(NC(=O)N(C)C2CCN(S(=O)(=O)c3ccccc3)CC2)cc1. The van der Waals surface area contributed by atoms with Gasteiger partial charge in [-0.15, -0.1) is 11.8 Å². The molecule has 33 heavy (non-hydrogen) atoms. The largest absolute Gasteiger partial charge is 0.325 e. The number of sulfonamides is 1. The zero-order valence-electron chi connectivity index (χ0n) is 20.0. The molecule has 6 nitrogen and oxygen atoms in total. The van der Waals surface area contributed by atoms with Gasteiger partial charge in [-0.05, 0) is 55.7 Å². The van der Waals surface area contributed by atoms with Crippen LogP contribution in [0.4, 0.5) is 10.5 Å². The van der Waals surface area contributed by atoms with Crippen molar-refractivity contribution in [3.63, 3.8) is 0 Å². The lowest BCUT2D eigenvalue weighted by Crippen LogP contribution is -2.48. The Kier molecular flexibility index (Phi) is 8.48. The standard InChI is InChI=1S/C25H35N3O3S2/c1-5-17-25(2,3)32-22-13-11-20(12-14-22)26-24(29)27(4)21-15-18-28(19-16-21)33(30,31)23-9-7-6-8-10-23/h6-14,21H,5,15-19H2,1-4H3,(H,26,29). The summed E-state index contributed by atoms with van der Waals surface area (Å²) < 4.78 is 27.3. The molecule has 0 aliphatic carbocycles. The number of thioether (sulfide) groups is 1. The molecule has 180 valence electrons. The van der Waals surface area contributed by atoms with Crippen molar-refractivity contribution in [2.45, 2.75) is 67.0 Å². The van der Waals surface area contributed by atoms with Crippen LogP contribution in [0.3, 0.4) is 0 Å². The lowest BCUT2D eigenvalue weighted by atomic mass is 10.1. The van der Waals surface area contributed by atoms with Crippen LogP contribution in [0.15, 0.2) is 64.4 Å². The zero-order valence-corrected chi connectivity index (χ0v) is 21.6. The van der Waals surface area contributed by atoms with Crippen LogP contribution in [0.5, 0.6) is 0 Å². The lowest BCUT2D eigenvalue weighted by Gasteiger charge is -2.36. The fourth-order valence-electron chi connectivity index (χ4n) is 4.17. The van der Waals surface area contributed by atoms with Crippen molar-refractivity contribution >= 4 is 33.5 Å². The Morgan fingerprint density at radius 2 is 1.70 bits per heavy atom. The van der Waals surface area contributed by atoms with E-state index in [0.717, 1.165) is 18.5 Å². The molecular weight excluding hydrogens is 454 g/mol. The van der Waals surface area contributed by atoms with Crippen molar-refractivity contribution < 1.29 is 13.2 Å². The maximum Gasteiger partial charge on any atom is 0.321 e. The van der Waals surface area contributed by atoms with E-state index in [9.17, 15) is 13.2 Å². The van der Waals surface area contributed by atoms with Gasteiger partial charge in [0.15, 0.2) is 0 Å². The molecule has 0 atom stereocenters. The number of carbonyl (C=O) groups excluding carboxylic acids is 1. The molecule has 1 N–H and O–H groups in total. The number of hydrogen-bond acceptors (Lipinski definition) is 4. The monoisotopic (exact) mass is 489 g/mol. The summed E-state index contributed by atoms with van der Waals surface area (Å²) in [5.41, 5.74) is 0.758. The Hall–Kier alpha value is -2.03. The van der Waals surface area contributed by atoms with Gasteiger partial charge in [0.1, 0.15) is 0 Å².